The van der Waals surface area contributed by atoms with E-state index in [1.807, 2.05) is 25.1 Å². The van der Waals surface area contributed by atoms with Gasteiger partial charge >= 0.3 is 0 Å². The molecule has 0 amide bonds. The fraction of sp³-hybridized carbons (Fsp3) is 0.0769. The number of nitrogens with one attached hydrogen (secondary N) is 1. The lowest BCUT2D eigenvalue weighted by atomic mass is 10.2. The Labute approximate surface area is 114 Å². The van der Waals surface area contributed by atoms with E-state index in [1.165, 1.54) is 0 Å². The number of nitrogens with two attached hydrogens (primary N) is 1. The smallest absolute Gasteiger partial charge is 0.130 e. The van der Waals surface area contributed by atoms with Crippen LogP contribution >= 0.6 is 15.9 Å². The molecule has 90 valence electrons. The van der Waals surface area contributed by atoms with E-state index in [0.717, 1.165) is 21.5 Å². The Kier molecular flexibility index (Phi) is 3.49. The molecule has 0 aliphatic heterocycles. The fourth-order valence-corrected chi connectivity index (χ4v) is 1.93. The molecular formula is C13H11BrN4. The van der Waals surface area contributed by atoms with Crippen LogP contribution in [0.2, 0.25) is 0 Å². The Bertz CT molecular complexity index is 631. The maximum Gasteiger partial charge on any atom is 0.130 e. The topological polar surface area (TPSA) is 74.7 Å². The van der Waals surface area contributed by atoms with E-state index in [0.29, 0.717) is 11.3 Å². The number of aryl methyl sites for hydroxylation is 1. The molecule has 0 aliphatic rings. The second kappa shape index (κ2) is 5.07. The zero-order valence-corrected chi connectivity index (χ0v) is 11.3. The molecule has 1 aromatic heterocycles. The van der Waals surface area contributed by atoms with Crippen LogP contribution in [-0.2, 0) is 0 Å². The third-order valence-electron chi connectivity index (χ3n) is 2.51. The summed E-state index contributed by atoms with van der Waals surface area (Å²) < 4.78 is 0.752. The van der Waals surface area contributed by atoms with Crippen molar-refractivity contribution in [3.05, 3.63) is 46.1 Å². The third-order valence-corrected chi connectivity index (χ3v) is 3.17. The van der Waals surface area contributed by atoms with Crippen LogP contribution in [0.15, 0.2) is 34.9 Å². The van der Waals surface area contributed by atoms with Gasteiger partial charge in [-0.25, -0.2) is 4.98 Å². The van der Waals surface area contributed by atoms with Crippen LogP contribution < -0.4 is 11.1 Å². The van der Waals surface area contributed by atoms with E-state index in [-0.39, 0.29) is 0 Å². The van der Waals surface area contributed by atoms with Crippen LogP contribution in [0, 0.1) is 18.3 Å². The van der Waals surface area contributed by atoms with Crippen molar-refractivity contribution in [2.45, 2.75) is 6.92 Å². The summed E-state index contributed by atoms with van der Waals surface area (Å²) in [7, 11) is 0. The molecule has 2 aromatic rings. The maximum absolute atomic E-state index is 8.84. The van der Waals surface area contributed by atoms with Crippen LogP contribution in [0.4, 0.5) is 17.2 Å². The molecule has 5 heteroatoms. The van der Waals surface area contributed by atoms with Gasteiger partial charge in [-0.05, 0) is 52.7 Å². The first-order valence-corrected chi connectivity index (χ1v) is 6.08. The summed E-state index contributed by atoms with van der Waals surface area (Å²) in [4.78, 5) is 4.19. The summed E-state index contributed by atoms with van der Waals surface area (Å²) in [5.41, 5.74) is 8.81. The van der Waals surface area contributed by atoms with Gasteiger partial charge in [0.05, 0.1) is 17.4 Å². The van der Waals surface area contributed by atoms with Gasteiger partial charge in [-0.1, -0.05) is 0 Å². The fourth-order valence-electron chi connectivity index (χ4n) is 1.47. The van der Waals surface area contributed by atoms with E-state index in [2.05, 4.69) is 32.3 Å². The van der Waals surface area contributed by atoms with Gasteiger partial charge < -0.3 is 11.1 Å². The molecule has 0 atom stereocenters. The molecule has 0 fully saturated rings. The van der Waals surface area contributed by atoms with Gasteiger partial charge in [-0.3, -0.25) is 0 Å². The van der Waals surface area contributed by atoms with E-state index in [1.54, 1.807) is 12.3 Å². The van der Waals surface area contributed by atoms with Crippen molar-refractivity contribution in [2.75, 3.05) is 11.1 Å². The van der Waals surface area contributed by atoms with Gasteiger partial charge in [-0.15, -0.1) is 0 Å². The predicted molar refractivity (Wildman–Crippen MR) is 75.5 cm³/mol. The molecule has 0 aliphatic carbocycles. The van der Waals surface area contributed by atoms with E-state index in [9.17, 15) is 0 Å². The number of benzene rings is 1. The molecule has 4 nitrogen and oxygen atoms in total. The zero-order chi connectivity index (χ0) is 13.1. The number of halogens is 1. The summed E-state index contributed by atoms with van der Waals surface area (Å²) in [6.45, 7) is 1.93. The second-order valence-corrected chi connectivity index (χ2v) is 4.71. The standard InChI is InChI=1S/C13H11BrN4/c1-8-4-13(17-7-12(8)16)18-10-3-2-9(6-15)11(14)5-10/h2-5,7H,16H2,1H3,(H,17,18). The van der Waals surface area contributed by atoms with Gasteiger partial charge in [0.15, 0.2) is 0 Å². The summed E-state index contributed by atoms with van der Waals surface area (Å²) in [5.74, 6) is 0.721. The van der Waals surface area contributed by atoms with E-state index >= 15 is 0 Å². The number of nitriles is 1. The van der Waals surface area contributed by atoms with E-state index < -0.39 is 0 Å². The van der Waals surface area contributed by atoms with Gasteiger partial charge in [0.2, 0.25) is 0 Å². The molecule has 18 heavy (non-hydrogen) atoms. The Morgan fingerprint density at radius 3 is 2.78 bits per heavy atom. The second-order valence-electron chi connectivity index (χ2n) is 3.86. The minimum atomic E-state index is 0.599. The van der Waals surface area contributed by atoms with Crippen LogP contribution in [0.1, 0.15) is 11.1 Å². The van der Waals surface area contributed by atoms with Gasteiger partial charge in [0, 0.05) is 10.2 Å². The molecule has 0 bridgehead atoms. The number of aromatic nitrogens is 1. The van der Waals surface area contributed by atoms with Crippen LogP contribution in [-0.4, -0.2) is 4.98 Å². The third kappa shape index (κ3) is 2.60. The SMILES string of the molecule is Cc1cc(Nc2ccc(C#N)c(Br)c2)ncc1N. The highest BCUT2D eigenvalue weighted by molar-refractivity contribution is 9.10. The Morgan fingerprint density at radius 1 is 1.39 bits per heavy atom. The van der Waals surface area contributed by atoms with Gasteiger partial charge in [0.25, 0.3) is 0 Å². The van der Waals surface area contributed by atoms with Crippen molar-refractivity contribution >= 4 is 33.1 Å². The highest BCUT2D eigenvalue weighted by Gasteiger charge is 2.02. The minimum Gasteiger partial charge on any atom is -0.397 e. The molecule has 1 heterocycles. The highest BCUT2D eigenvalue weighted by atomic mass is 79.9. The van der Waals surface area contributed by atoms with Crippen LogP contribution in [0.5, 0.6) is 0 Å². The van der Waals surface area contributed by atoms with Crippen molar-refractivity contribution in [3.63, 3.8) is 0 Å². The Balaban J connectivity index is 2.26. The summed E-state index contributed by atoms with van der Waals surface area (Å²) in [5, 5.41) is 12.0. The van der Waals surface area contributed by atoms with Crippen molar-refractivity contribution in [3.8, 4) is 6.07 Å². The molecule has 0 radical (unpaired) electrons. The minimum absolute atomic E-state index is 0.599. The average molecular weight is 303 g/mol. The molecule has 0 unspecified atom stereocenters. The normalized spacial score (nSPS) is 9.83. The van der Waals surface area contributed by atoms with Crippen LogP contribution in [0.3, 0.4) is 0 Å². The summed E-state index contributed by atoms with van der Waals surface area (Å²) >= 11 is 3.34. The van der Waals surface area contributed by atoms with Crippen LogP contribution in [0.25, 0.3) is 0 Å². The monoisotopic (exact) mass is 302 g/mol. The highest BCUT2D eigenvalue weighted by Crippen LogP contribution is 2.24. The summed E-state index contributed by atoms with van der Waals surface area (Å²) in [6.07, 6.45) is 1.62. The number of rotatable bonds is 2. The lowest BCUT2D eigenvalue weighted by Crippen LogP contribution is -1.97. The largest absolute Gasteiger partial charge is 0.397 e. The van der Waals surface area contributed by atoms with Crippen molar-refractivity contribution < 1.29 is 0 Å². The number of nitrogens with zero attached hydrogens (tertiary/aromatic N) is 2. The maximum atomic E-state index is 8.84. The molecule has 0 spiro atoms. The number of hydrogen-bond donors (Lipinski definition) is 2. The molecule has 3 N–H and O–H groups in total. The lowest BCUT2D eigenvalue weighted by molar-refractivity contribution is 1.28. The molecule has 0 saturated heterocycles. The number of nitrogen functional groups attached to an aromatic ring is 1. The Hall–Kier alpha value is -2.06. The quantitative estimate of drug-likeness (QED) is 0.892. The van der Waals surface area contributed by atoms with Gasteiger partial charge in [0.1, 0.15) is 11.9 Å². The number of pyridine rings is 1. The predicted octanol–water partition coefficient (Wildman–Crippen LogP) is 3.35. The molecular weight excluding hydrogens is 292 g/mol. The molecule has 1 aromatic carbocycles. The average Bonchev–Trinajstić information content (AvgIpc) is 2.34. The van der Waals surface area contributed by atoms with Gasteiger partial charge in [-0.2, -0.15) is 5.26 Å². The molecule has 2 rings (SSSR count). The zero-order valence-electron chi connectivity index (χ0n) is 9.74. The van der Waals surface area contributed by atoms with E-state index in [4.69, 9.17) is 11.0 Å². The number of anilines is 3. The van der Waals surface area contributed by atoms with Crippen molar-refractivity contribution in [1.82, 2.24) is 4.98 Å². The first kappa shape index (κ1) is 12.4. The van der Waals surface area contributed by atoms with Crippen molar-refractivity contribution in [2.24, 2.45) is 0 Å². The Morgan fingerprint density at radius 2 is 2.17 bits per heavy atom. The molecule has 0 saturated carbocycles. The first-order valence-electron chi connectivity index (χ1n) is 5.29. The van der Waals surface area contributed by atoms with Crippen molar-refractivity contribution in [1.29, 1.82) is 5.26 Å². The summed E-state index contributed by atoms with van der Waals surface area (Å²) in [6, 6.07) is 9.39. The number of hydrogen-bond acceptors (Lipinski definition) is 4. The lowest BCUT2D eigenvalue weighted by Gasteiger charge is -2.08. The first-order chi connectivity index (χ1) is 8.60.